The van der Waals surface area contributed by atoms with Gasteiger partial charge in [-0.15, -0.1) is 11.3 Å². The number of hydrogen-bond acceptors (Lipinski definition) is 3. The van der Waals surface area contributed by atoms with Gasteiger partial charge in [0.1, 0.15) is 0 Å². The Morgan fingerprint density at radius 2 is 2.19 bits per heavy atom. The number of aryl methyl sites for hydroxylation is 1. The van der Waals surface area contributed by atoms with Crippen LogP contribution in [0.2, 0.25) is 0 Å². The topological polar surface area (TPSA) is 66.4 Å². The Morgan fingerprint density at radius 1 is 1.50 bits per heavy atom. The van der Waals surface area contributed by atoms with Crippen molar-refractivity contribution in [2.45, 2.75) is 20.3 Å². The molecule has 0 spiro atoms. The van der Waals surface area contributed by atoms with Crippen LogP contribution in [0.4, 0.5) is 0 Å². The first-order chi connectivity index (χ1) is 7.54. The summed E-state index contributed by atoms with van der Waals surface area (Å²) in [6, 6.07) is 3.62. The quantitative estimate of drug-likeness (QED) is 0.827. The summed E-state index contributed by atoms with van der Waals surface area (Å²) in [5, 5.41) is 11.4. The van der Waals surface area contributed by atoms with E-state index in [4.69, 9.17) is 5.11 Å². The van der Waals surface area contributed by atoms with Gasteiger partial charge in [-0.2, -0.15) is 0 Å². The minimum Gasteiger partial charge on any atom is -0.481 e. The monoisotopic (exact) mass is 241 g/mol. The lowest BCUT2D eigenvalue weighted by atomic mass is 10.1. The lowest BCUT2D eigenvalue weighted by Gasteiger charge is -2.10. The van der Waals surface area contributed by atoms with E-state index in [0.717, 1.165) is 4.88 Å². The molecule has 1 heterocycles. The number of amides is 1. The highest BCUT2D eigenvalue weighted by Crippen LogP contribution is 2.14. The minimum absolute atomic E-state index is 0.182. The predicted octanol–water partition coefficient (Wildman–Crippen LogP) is 1.90. The molecule has 0 fully saturated rings. The first kappa shape index (κ1) is 12.7. The average Bonchev–Trinajstić information content (AvgIpc) is 2.65. The van der Waals surface area contributed by atoms with E-state index >= 15 is 0 Å². The van der Waals surface area contributed by atoms with Gasteiger partial charge in [0.05, 0.1) is 10.8 Å². The molecule has 1 unspecified atom stereocenters. The summed E-state index contributed by atoms with van der Waals surface area (Å²) in [5.74, 6) is -1.58. The fraction of sp³-hybridized carbons (Fsp3) is 0.455. The normalized spacial score (nSPS) is 12.1. The van der Waals surface area contributed by atoms with Gasteiger partial charge in [-0.25, -0.2) is 0 Å². The largest absolute Gasteiger partial charge is 0.481 e. The fourth-order valence-electron chi connectivity index (χ4n) is 1.27. The molecule has 2 N–H and O–H groups in total. The Bertz CT molecular complexity index is 386. The van der Waals surface area contributed by atoms with E-state index in [9.17, 15) is 9.59 Å². The van der Waals surface area contributed by atoms with Gasteiger partial charge in [-0.3, -0.25) is 9.59 Å². The zero-order chi connectivity index (χ0) is 12.1. The van der Waals surface area contributed by atoms with Crippen molar-refractivity contribution in [2.24, 2.45) is 5.92 Å². The van der Waals surface area contributed by atoms with E-state index in [0.29, 0.717) is 11.3 Å². The van der Waals surface area contributed by atoms with Crippen LogP contribution in [0.1, 0.15) is 27.9 Å². The molecule has 0 bridgehead atoms. The maximum Gasteiger partial charge on any atom is 0.308 e. The van der Waals surface area contributed by atoms with Crippen LogP contribution in [-0.2, 0) is 4.79 Å². The molecule has 5 heteroatoms. The van der Waals surface area contributed by atoms with Gasteiger partial charge < -0.3 is 10.4 Å². The third-order valence-electron chi connectivity index (χ3n) is 2.32. The minimum atomic E-state index is -0.870. The summed E-state index contributed by atoms with van der Waals surface area (Å²) in [5.41, 5.74) is 0. The van der Waals surface area contributed by atoms with Crippen LogP contribution in [0.25, 0.3) is 0 Å². The Kier molecular flexibility index (Phi) is 4.49. The molecule has 1 aromatic rings. The number of thiophene rings is 1. The average molecular weight is 241 g/mol. The van der Waals surface area contributed by atoms with Gasteiger partial charge in [-0.05, 0) is 25.5 Å². The molecule has 88 valence electrons. The molecule has 1 amide bonds. The first-order valence-corrected chi connectivity index (χ1v) is 5.93. The third-order valence-corrected chi connectivity index (χ3v) is 3.31. The number of carboxylic acid groups (broad SMARTS) is 1. The SMILES string of the molecule is CCC(CNC(=O)c1ccc(C)s1)C(=O)O. The highest BCUT2D eigenvalue weighted by molar-refractivity contribution is 7.13. The Morgan fingerprint density at radius 3 is 2.62 bits per heavy atom. The second-order valence-corrected chi connectivity index (χ2v) is 4.85. The molecule has 0 radical (unpaired) electrons. The van der Waals surface area contributed by atoms with Crippen molar-refractivity contribution in [3.05, 3.63) is 21.9 Å². The summed E-state index contributed by atoms with van der Waals surface area (Å²) in [6.07, 6.45) is 0.513. The lowest BCUT2D eigenvalue weighted by Crippen LogP contribution is -2.32. The summed E-state index contributed by atoms with van der Waals surface area (Å²) in [4.78, 5) is 24.0. The highest BCUT2D eigenvalue weighted by atomic mass is 32.1. The molecule has 0 aliphatic heterocycles. The van der Waals surface area contributed by atoms with Crippen LogP contribution in [0.5, 0.6) is 0 Å². The number of hydrogen-bond donors (Lipinski definition) is 2. The van der Waals surface area contributed by atoms with Crippen molar-refractivity contribution < 1.29 is 14.7 Å². The van der Waals surface area contributed by atoms with Crippen molar-refractivity contribution in [1.82, 2.24) is 5.32 Å². The zero-order valence-corrected chi connectivity index (χ0v) is 10.1. The van der Waals surface area contributed by atoms with E-state index in [1.54, 1.807) is 13.0 Å². The summed E-state index contributed by atoms with van der Waals surface area (Å²) in [7, 11) is 0. The van der Waals surface area contributed by atoms with E-state index < -0.39 is 11.9 Å². The molecule has 1 aromatic heterocycles. The van der Waals surface area contributed by atoms with Crippen molar-refractivity contribution in [3.63, 3.8) is 0 Å². The molecular formula is C11H15NO3S. The van der Waals surface area contributed by atoms with E-state index in [1.165, 1.54) is 11.3 Å². The van der Waals surface area contributed by atoms with Crippen molar-refractivity contribution in [2.75, 3.05) is 6.54 Å². The van der Waals surface area contributed by atoms with Crippen LogP contribution in [-0.4, -0.2) is 23.5 Å². The molecule has 0 saturated heterocycles. The molecule has 1 atom stereocenters. The number of nitrogens with one attached hydrogen (secondary N) is 1. The van der Waals surface area contributed by atoms with E-state index in [-0.39, 0.29) is 12.5 Å². The standard InChI is InChI=1S/C11H15NO3S/c1-3-8(11(14)15)6-12-10(13)9-5-4-7(2)16-9/h4-5,8H,3,6H2,1-2H3,(H,12,13)(H,14,15). The molecule has 1 rings (SSSR count). The summed E-state index contributed by atoms with van der Waals surface area (Å²) < 4.78 is 0. The van der Waals surface area contributed by atoms with Gasteiger partial charge in [0, 0.05) is 11.4 Å². The van der Waals surface area contributed by atoms with E-state index in [1.807, 2.05) is 13.0 Å². The zero-order valence-electron chi connectivity index (χ0n) is 9.32. The maximum absolute atomic E-state index is 11.6. The van der Waals surface area contributed by atoms with Gasteiger partial charge >= 0.3 is 5.97 Å². The molecular weight excluding hydrogens is 226 g/mol. The van der Waals surface area contributed by atoms with Crippen LogP contribution in [0, 0.1) is 12.8 Å². The molecule has 16 heavy (non-hydrogen) atoms. The second-order valence-electron chi connectivity index (χ2n) is 3.56. The van der Waals surface area contributed by atoms with Gasteiger partial charge in [0.2, 0.25) is 0 Å². The number of aliphatic carboxylic acids is 1. The Hall–Kier alpha value is -1.36. The predicted molar refractivity (Wildman–Crippen MR) is 62.8 cm³/mol. The second kappa shape index (κ2) is 5.65. The van der Waals surface area contributed by atoms with Gasteiger partial charge in [-0.1, -0.05) is 6.92 Å². The number of carboxylic acids is 1. The van der Waals surface area contributed by atoms with Gasteiger partial charge in [0.25, 0.3) is 5.91 Å². The smallest absolute Gasteiger partial charge is 0.308 e. The lowest BCUT2D eigenvalue weighted by molar-refractivity contribution is -0.141. The van der Waals surface area contributed by atoms with Crippen LogP contribution in [0.15, 0.2) is 12.1 Å². The fourth-order valence-corrected chi connectivity index (χ4v) is 2.05. The Balaban J connectivity index is 2.49. The summed E-state index contributed by atoms with van der Waals surface area (Å²) >= 11 is 1.40. The highest BCUT2D eigenvalue weighted by Gasteiger charge is 2.16. The van der Waals surface area contributed by atoms with Gasteiger partial charge in [0.15, 0.2) is 0 Å². The molecule has 0 saturated carbocycles. The summed E-state index contributed by atoms with van der Waals surface area (Å²) in [6.45, 7) is 3.90. The Labute approximate surface area is 98.3 Å². The van der Waals surface area contributed by atoms with Crippen molar-refractivity contribution in [1.29, 1.82) is 0 Å². The molecule has 0 aromatic carbocycles. The number of carbonyl (C=O) groups is 2. The third kappa shape index (κ3) is 3.34. The van der Waals surface area contributed by atoms with Crippen LogP contribution < -0.4 is 5.32 Å². The molecule has 0 aliphatic rings. The molecule has 4 nitrogen and oxygen atoms in total. The molecule has 0 aliphatic carbocycles. The van der Waals surface area contributed by atoms with E-state index in [2.05, 4.69) is 5.32 Å². The van der Waals surface area contributed by atoms with Crippen LogP contribution in [0.3, 0.4) is 0 Å². The van der Waals surface area contributed by atoms with Crippen LogP contribution >= 0.6 is 11.3 Å². The first-order valence-electron chi connectivity index (χ1n) is 5.12. The number of carbonyl (C=O) groups excluding carboxylic acids is 1. The number of rotatable bonds is 5. The van der Waals surface area contributed by atoms with Crippen molar-refractivity contribution in [3.8, 4) is 0 Å². The van der Waals surface area contributed by atoms with Crippen molar-refractivity contribution >= 4 is 23.2 Å². The maximum atomic E-state index is 11.6.